The van der Waals surface area contributed by atoms with Crippen LogP contribution < -0.4 is 10.6 Å². The summed E-state index contributed by atoms with van der Waals surface area (Å²) in [4.78, 5) is 30.9. The molecule has 0 bridgehead atoms. The lowest BCUT2D eigenvalue weighted by Gasteiger charge is -2.25. The highest BCUT2D eigenvalue weighted by Crippen LogP contribution is 2.41. The fourth-order valence-electron chi connectivity index (χ4n) is 4.86. The number of carbonyl (C=O) groups excluding carboxylic acids is 1. The van der Waals surface area contributed by atoms with Gasteiger partial charge in [-0.05, 0) is 66.4 Å². The number of ether oxygens (including phenoxy) is 1. The Labute approximate surface area is 228 Å². The van der Waals surface area contributed by atoms with Gasteiger partial charge in [0.2, 0.25) is 5.95 Å². The molecular formula is C28H38N6O3S. The number of hydrogen-bond donors (Lipinski definition) is 3. The minimum atomic E-state index is -0.875. The van der Waals surface area contributed by atoms with Crippen molar-refractivity contribution in [2.24, 2.45) is 11.8 Å². The molecule has 0 aromatic carbocycles. The highest BCUT2D eigenvalue weighted by molar-refractivity contribution is 7.21. The van der Waals surface area contributed by atoms with Crippen molar-refractivity contribution in [3.63, 3.8) is 0 Å². The second kappa shape index (κ2) is 11.4. The van der Waals surface area contributed by atoms with Crippen LogP contribution in [0.1, 0.15) is 51.9 Å². The third kappa shape index (κ3) is 6.19. The molecule has 3 N–H and O–H groups in total. The summed E-state index contributed by atoms with van der Waals surface area (Å²) in [6, 6.07) is 1.60. The third-order valence-electron chi connectivity index (χ3n) is 7.11. The Bertz CT molecular complexity index is 1300. The van der Waals surface area contributed by atoms with Crippen LogP contribution in [0.2, 0.25) is 0 Å². The van der Waals surface area contributed by atoms with E-state index in [2.05, 4.69) is 22.2 Å². The molecule has 9 nitrogen and oxygen atoms in total. The predicted octanol–water partition coefficient (Wildman–Crippen LogP) is 4.93. The van der Waals surface area contributed by atoms with Gasteiger partial charge in [0.15, 0.2) is 0 Å². The first-order valence-corrected chi connectivity index (χ1v) is 13.9. The van der Waals surface area contributed by atoms with Crippen LogP contribution in [0, 0.1) is 25.7 Å². The van der Waals surface area contributed by atoms with Crippen LogP contribution in [0.5, 0.6) is 0 Å². The highest BCUT2D eigenvalue weighted by Gasteiger charge is 2.41. The Morgan fingerprint density at radius 1 is 1.24 bits per heavy atom. The molecule has 1 saturated carbocycles. The fraction of sp³-hybridized carbons (Fsp3) is 0.536. The molecule has 204 valence electrons. The minimum absolute atomic E-state index is 0.00585. The van der Waals surface area contributed by atoms with Gasteiger partial charge in [-0.2, -0.15) is 4.98 Å². The van der Waals surface area contributed by atoms with Crippen LogP contribution >= 0.6 is 11.3 Å². The molecule has 1 unspecified atom stereocenters. The number of nitrogens with one attached hydrogen (secondary N) is 2. The standard InChI is InChI=1S/C28H38N6O3S/c1-8-20(14-37-15(2)3)31-27-30-16(4)23(26-33-24-17(5)29-10-9-22(24)38-26)25(34-27)32-21-12-19(28(6,7)36)11-18(21)13-35/h8-10,13,15,18-21,36H,1,11-12,14H2,2-7H3,(H2,30,31,32,34)/t18?,19-,20-,21-/m1/s1. The molecule has 3 heterocycles. The molecule has 0 amide bonds. The summed E-state index contributed by atoms with van der Waals surface area (Å²) in [6.07, 6.45) is 5.90. The number of thiazole rings is 1. The predicted molar refractivity (Wildman–Crippen MR) is 153 cm³/mol. The summed E-state index contributed by atoms with van der Waals surface area (Å²) >= 11 is 1.56. The largest absolute Gasteiger partial charge is 0.390 e. The van der Waals surface area contributed by atoms with Gasteiger partial charge >= 0.3 is 0 Å². The van der Waals surface area contributed by atoms with Crippen LogP contribution in [-0.4, -0.2) is 61.7 Å². The Morgan fingerprint density at radius 2 is 2.00 bits per heavy atom. The first-order valence-electron chi connectivity index (χ1n) is 13.1. The van der Waals surface area contributed by atoms with Crippen LogP contribution in [0.25, 0.3) is 20.8 Å². The number of anilines is 2. The molecule has 1 fully saturated rings. The number of rotatable bonds is 11. The molecule has 0 aliphatic heterocycles. The van der Waals surface area contributed by atoms with Crippen LogP contribution in [0.4, 0.5) is 11.8 Å². The van der Waals surface area contributed by atoms with Crippen molar-refractivity contribution in [1.82, 2.24) is 19.9 Å². The van der Waals surface area contributed by atoms with Crippen molar-refractivity contribution < 1.29 is 14.6 Å². The Morgan fingerprint density at radius 3 is 2.63 bits per heavy atom. The smallest absolute Gasteiger partial charge is 0.225 e. The lowest BCUT2D eigenvalue weighted by atomic mass is 9.89. The Kier molecular flexibility index (Phi) is 8.44. The zero-order chi connectivity index (χ0) is 27.6. The Balaban J connectivity index is 1.75. The van der Waals surface area contributed by atoms with Gasteiger partial charge in [0.05, 0.1) is 46.0 Å². The van der Waals surface area contributed by atoms with E-state index in [1.54, 1.807) is 37.5 Å². The first-order chi connectivity index (χ1) is 18.0. The fourth-order valence-corrected chi connectivity index (χ4v) is 5.97. The molecule has 4 rings (SSSR count). The lowest BCUT2D eigenvalue weighted by molar-refractivity contribution is -0.111. The van der Waals surface area contributed by atoms with Gasteiger partial charge in [-0.1, -0.05) is 6.08 Å². The molecule has 3 aromatic rings. The molecule has 38 heavy (non-hydrogen) atoms. The van der Waals surface area contributed by atoms with Crippen molar-refractivity contribution in [3.8, 4) is 10.6 Å². The molecule has 0 radical (unpaired) electrons. The van der Waals surface area contributed by atoms with Gasteiger partial charge in [0.1, 0.15) is 22.6 Å². The van der Waals surface area contributed by atoms with Crippen molar-refractivity contribution in [3.05, 3.63) is 36.3 Å². The maximum atomic E-state index is 12.0. The average Bonchev–Trinajstić information content (AvgIpc) is 3.46. The molecule has 0 saturated heterocycles. The lowest BCUT2D eigenvalue weighted by Crippen LogP contribution is -2.30. The van der Waals surface area contributed by atoms with E-state index >= 15 is 0 Å². The monoisotopic (exact) mass is 538 g/mol. The van der Waals surface area contributed by atoms with Crippen LogP contribution in [0.15, 0.2) is 24.9 Å². The van der Waals surface area contributed by atoms with E-state index < -0.39 is 5.60 Å². The number of nitrogens with zero attached hydrogens (tertiary/aromatic N) is 4. The van der Waals surface area contributed by atoms with Crippen LogP contribution in [0.3, 0.4) is 0 Å². The highest BCUT2D eigenvalue weighted by atomic mass is 32.1. The van der Waals surface area contributed by atoms with E-state index in [4.69, 9.17) is 19.7 Å². The zero-order valence-corrected chi connectivity index (χ0v) is 23.8. The van der Waals surface area contributed by atoms with E-state index in [-0.39, 0.29) is 30.0 Å². The third-order valence-corrected chi connectivity index (χ3v) is 8.15. The van der Waals surface area contributed by atoms with E-state index in [1.807, 2.05) is 33.8 Å². The first kappa shape index (κ1) is 28.1. The van der Waals surface area contributed by atoms with Crippen molar-refractivity contribution in [2.75, 3.05) is 17.2 Å². The van der Waals surface area contributed by atoms with Crippen molar-refractivity contribution in [1.29, 1.82) is 0 Å². The number of pyridine rings is 1. The average molecular weight is 539 g/mol. The molecule has 3 aromatic heterocycles. The second-order valence-corrected chi connectivity index (χ2v) is 11.9. The van der Waals surface area contributed by atoms with Gasteiger partial charge in [-0.15, -0.1) is 17.9 Å². The minimum Gasteiger partial charge on any atom is -0.390 e. The summed E-state index contributed by atoms with van der Waals surface area (Å²) in [5.41, 5.74) is 2.38. The van der Waals surface area contributed by atoms with Crippen molar-refractivity contribution in [2.45, 2.75) is 78.2 Å². The number of aromatic nitrogens is 4. The number of fused-ring (bicyclic) bond motifs is 1. The van der Waals surface area contributed by atoms with E-state index in [0.717, 1.165) is 38.5 Å². The molecule has 0 spiro atoms. The molecular weight excluding hydrogens is 500 g/mol. The number of aliphatic hydroxyl groups is 1. The molecule has 1 aliphatic carbocycles. The zero-order valence-electron chi connectivity index (χ0n) is 23.0. The van der Waals surface area contributed by atoms with Gasteiger partial charge in [-0.25, -0.2) is 9.97 Å². The maximum Gasteiger partial charge on any atom is 0.225 e. The quantitative estimate of drug-likeness (QED) is 0.230. The summed E-state index contributed by atoms with van der Waals surface area (Å²) < 4.78 is 6.80. The molecule has 10 heteroatoms. The van der Waals surface area contributed by atoms with Gasteiger partial charge in [0.25, 0.3) is 0 Å². The number of carbonyl (C=O) groups is 1. The van der Waals surface area contributed by atoms with Gasteiger partial charge in [-0.3, -0.25) is 4.98 Å². The normalized spacial score (nSPS) is 20.6. The summed E-state index contributed by atoms with van der Waals surface area (Å²) in [6.45, 7) is 15.8. The second-order valence-electron chi connectivity index (χ2n) is 10.9. The Hall–Kier alpha value is -2.95. The SMILES string of the molecule is C=C[C@H](COC(C)C)Nc1nc(C)c(-c2nc3c(C)nccc3s2)c(N[C@@H]2C[C@H](C(C)(C)O)CC2C=O)n1. The number of aldehydes is 1. The van der Waals surface area contributed by atoms with E-state index in [1.165, 1.54) is 0 Å². The topological polar surface area (TPSA) is 122 Å². The van der Waals surface area contributed by atoms with Crippen molar-refractivity contribution >= 4 is 39.6 Å². The maximum absolute atomic E-state index is 12.0. The van der Waals surface area contributed by atoms with Gasteiger partial charge < -0.3 is 25.3 Å². The number of hydrogen-bond acceptors (Lipinski definition) is 10. The summed E-state index contributed by atoms with van der Waals surface area (Å²) in [5, 5.41) is 18.3. The number of aryl methyl sites for hydroxylation is 2. The van der Waals surface area contributed by atoms with Gasteiger partial charge in [0, 0.05) is 18.2 Å². The van der Waals surface area contributed by atoms with E-state index in [0.29, 0.717) is 31.2 Å². The summed E-state index contributed by atoms with van der Waals surface area (Å²) in [5.74, 6) is 0.789. The van der Waals surface area contributed by atoms with E-state index in [9.17, 15) is 9.90 Å². The van der Waals surface area contributed by atoms with Crippen LogP contribution in [-0.2, 0) is 9.53 Å². The molecule has 1 aliphatic rings. The molecule has 4 atom stereocenters. The summed E-state index contributed by atoms with van der Waals surface area (Å²) in [7, 11) is 0.